The summed E-state index contributed by atoms with van der Waals surface area (Å²) in [4.78, 5) is 24.0. The Morgan fingerprint density at radius 3 is 2.37 bits per heavy atom. The molecule has 1 amide bonds. The molecular formula is C22H27NO4. The number of rotatable bonds is 8. The molecule has 0 saturated carbocycles. The van der Waals surface area contributed by atoms with Crippen LogP contribution in [0.5, 0.6) is 5.75 Å². The van der Waals surface area contributed by atoms with Gasteiger partial charge in [0.2, 0.25) is 0 Å². The van der Waals surface area contributed by atoms with Gasteiger partial charge in [0.15, 0.2) is 12.7 Å². The average Bonchev–Trinajstić information content (AvgIpc) is 2.65. The highest BCUT2D eigenvalue weighted by Crippen LogP contribution is 2.23. The molecule has 0 fully saturated rings. The lowest BCUT2D eigenvalue weighted by molar-refractivity contribution is -0.156. The molecule has 1 atom stereocenters. The first-order chi connectivity index (χ1) is 12.9. The van der Waals surface area contributed by atoms with Crippen LogP contribution in [0.2, 0.25) is 0 Å². The van der Waals surface area contributed by atoms with Crippen LogP contribution >= 0.6 is 0 Å². The maximum Gasteiger partial charge on any atom is 0.344 e. The van der Waals surface area contributed by atoms with Gasteiger partial charge in [0.25, 0.3) is 5.91 Å². The zero-order valence-electron chi connectivity index (χ0n) is 16.3. The first kappa shape index (κ1) is 20.5. The largest absolute Gasteiger partial charge is 0.482 e. The molecule has 0 bridgehead atoms. The van der Waals surface area contributed by atoms with Crippen molar-refractivity contribution in [3.05, 3.63) is 65.2 Å². The number of ether oxygens (including phenoxy) is 2. The Morgan fingerprint density at radius 2 is 1.74 bits per heavy atom. The van der Waals surface area contributed by atoms with Crippen LogP contribution in [0.15, 0.2) is 48.5 Å². The van der Waals surface area contributed by atoms with Crippen LogP contribution < -0.4 is 10.1 Å². The van der Waals surface area contributed by atoms with E-state index in [0.29, 0.717) is 18.2 Å². The Labute approximate surface area is 160 Å². The minimum absolute atomic E-state index is 0.239. The quantitative estimate of drug-likeness (QED) is 0.720. The van der Waals surface area contributed by atoms with E-state index in [-0.39, 0.29) is 12.5 Å². The fourth-order valence-corrected chi connectivity index (χ4v) is 2.74. The summed E-state index contributed by atoms with van der Waals surface area (Å²) in [5.74, 6) is 0.113. The second kappa shape index (κ2) is 9.76. The predicted molar refractivity (Wildman–Crippen MR) is 105 cm³/mol. The monoisotopic (exact) mass is 369 g/mol. The van der Waals surface area contributed by atoms with Crippen molar-refractivity contribution in [3.8, 4) is 5.75 Å². The molecule has 0 saturated heterocycles. The number of aryl methyl sites for hydroxylation is 1. The van der Waals surface area contributed by atoms with Crippen LogP contribution in [0.3, 0.4) is 0 Å². The highest BCUT2D eigenvalue weighted by Gasteiger charge is 2.18. The number of benzene rings is 2. The zero-order chi connectivity index (χ0) is 19.8. The number of hydrogen-bond donors (Lipinski definition) is 1. The maximum atomic E-state index is 12.0. The SMILES string of the molecule is Cc1cc(OCC(=O)O[C@@H](C)C(=O)NCc2ccccc2)ccc1C(C)C. The summed E-state index contributed by atoms with van der Waals surface area (Å²) in [6.07, 6.45) is -0.880. The minimum atomic E-state index is -0.880. The molecule has 5 nitrogen and oxygen atoms in total. The number of esters is 1. The fourth-order valence-electron chi connectivity index (χ4n) is 2.74. The summed E-state index contributed by atoms with van der Waals surface area (Å²) >= 11 is 0. The number of carbonyl (C=O) groups excluding carboxylic acids is 2. The Morgan fingerprint density at radius 1 is 1.04 bits per heavy atom. The van der Waals surface area contributed by atoms with Gasteiger partial charge in [-0.1, -0.05) is 50.2 Å². The maximum absolute atomic E-state index is 12.0. The van der Waals surface area contributed by atoms with Gasteiger partial charge in [-0.3, -0.25) is 4.79 Å². The van der Waals surface area contributed by atoms with E-state index in [2.05, 4.69) is 19.2 Å². The van der Waals surface area contributed by atoms with Crippen molar-refractivity contribution in [3.63, 3.8) is 0 Å². The van der Waals surface area contributed by atoms with Crippen molar-refractivity contribution in [2.75, 3.05) is 6.61 Å². The van der Waals surface area contributed by atoms with Crippen molar-refractivity contribution in [2.45, 2.75) is 46.3 Å². The number of carbonyl (C=O) groups is 2. The van der Waals surface area contributed by atoms with E-state index in [1.54, 1.807) is 6.92 Å². The number of nitrogens with one attached hydrogen (secondary N) is 1. The molecule has 0 radical (unpaired) electrons. The number of hydrogen-bond acceptors (Lipinski definition) is 4. The van der Waals surface area contributed by atoms with E-state index in [1.807, 2.05) is 55.5 Å². The predicted octanol–water partition coefficient (Wildman–Crippen LogP) is 3.75. The second-order valence-corrected chi connectivity index (χ2v) is 6.80. The van der Waals surface area contributed by atoms with Gasteiger partial charge in [-0.15, -0.1) is 0 Å². The molecule has 2 aromatic rings. The van der Waals surface area contributed by atoms with Crippen LogP contribution in [0.25, 0.3) is 0 Å². The molecule has 144 valence electrons. The molecule has 0 aromatic heterocycles. The average molecular weight is 369 g/mol. The van der Waals surface area contributed by atoms with Crippen molar-refractivity contribution in [2.24, 2.45) is 0 Å². The molecule has 5 heteroatoms. The standard InChI is InChI=1S/C22H27NO4/c1-15(2)20-11-10-19(12-16(20)3)26-14-21(24)27-17(4)22(25)23-13-18-8-6-5-7-9-18/h5-12,15,17H,13-14H2,1-4H3,(H,23,25)/t17-/m0/s1. The molecule has 0 aliphatic heterocycles. The lowest BCUT2D eigenvalue weighted by Crippen LogP contribution is -2.36. The third kappa shape index (κ3) is 6.44. The van der Waals surface area contributed by atoms with E-state index in [4.69, 9.17) is 9.47 Å². The highest BCUT2D eigenvalue weighted by molar-refractivity contribution is 5.83. The Kier molecular flexibility index (Phi) is 7.41. The topological polar surface area (TPSA) is 64.6 Å². The lowest BCUT2D eigenvalue weighted by Gasteiger charge is -2.15. The molecule has 0 heterocycles. The van der Waals surface area contributed by atoms with E-state index < -0.39 is 12.1 Å². The molecule has 0 unspecified atom stereocenters. The van der Waals surface area contributed by atoms with Gasteiger partial charge in [0.05, 0.1) is 0 Å². The summed E-state index contributed by atoms with van der Waals surface area (Å²) in [5, 5.41) is 2.75. The van der Waals surface area contributed by atoms with Crippen LogP contribution in [-0.2, 0) is 20.9 Å². The summed E-state index contributed by atoms with van der Waals surface area (Å²) in [7, 11) is 0. The normalized spacial score (nSPS) is 11.7. The first-order valence-corrected chi connectivity index (χ1v) is 9.11. The molecular weight excluding hydrogens is 342 g/mol. The molecule has 27 heavy (non-hydrogen) atoms. The van der Waals surface area contributed by atoms with Crippen molar-refractivity contribution in [1.82, 2.24) is 5.32 Å². The Bertz CT molecular complexity index is 771. The third-order valence-electron chi connectivity index (χ3n) is 4.21. The Balaban J connectivity index is 1.77. The minimum Gasteiger partial charge on any atom is -0.482 e. The van der Waals surface area contributed by atoms with Crippen LogP contribution in [0.4, 0.5) is 0 Å². The van der Waals surface area contributed by atoms with Crippen LogP contribution in [0, 0.1) is 6.92 Å². The highest BCUT2D eigenvalue weighted by atomic mass is 16.6. The second-order valence-electron chi connectivity index (χ2n) is 6.80. The summed E-state index contributed by atoms with van der Waals surface area (Å²) < 4.78 is 10.6. The molecule has 2 rings (SSSR count). The van der Waals surface area contributed by atoms with Gasteiger partial charge in [-0.2, -0.15) is 0 Å². The summed E-state index contributed by atoms with van der Waals surface area (Å²) in [6.45, 7) is 7.96. The van der Waals surface area contributed by atoms with Gasteiger partial charge in [0, 0.05) is 6.54 Å². The first-order valence-electron chi connectivity index (χ1n) is 9.11. The summed E-state index contributed by atoms with van der Waals surface area (Å²) in [6, 6.07) is 15.3. The lowest BCUT2D eigenvalue weighted by atomic mass is 9.98. The van der Waals surface area contributed by atoms with Crippen molar-refractivity contribution < 1.29 is 19.1 Å². The fraction of sp³-hybridized carbons (Fsp3) is 0.364. The number of amides is 1. The van der Waals surface area contributed by atoms with Gasteiger partial charge < -0.3 is 14.8 Å². The van der Waals surface area contributed by atoms with Crippen LogP contribution in [0.1, 0.15) is 43.4 Å². The van der Waals surface area contributed by atoms with Crippen molar-refractivity contribution >= 4 is 11.9 Å². The van der Waals surface area contributed by atoms with E-state index in [9.17, 15) is 9.59 Å². The molecule has 0 aliphatic rings. The zero-order valence-corrected chi connectivity index (χ0v) is 16.3. The molecule has 1 N–H and O–H groups in total. The van der Waals surface area contributed by atoms with Gasteiger partial charge in [-0.05, 0) is 48.6 Å². The van der Waals surface area contributed by atoms with Crippen LogP contribution in [-0.4, -0.2) is 24.6 Å². The van der Waals surface area contributed by atoms with Gasteiger partial charge >= 0.3 is 5.97 Å². The van der Waals surface area contributed by atoms with Gasteiger partial charge in [0.1, 0.15) is 5.75 Å². The van der Waals surface area contributed by atoms with Gasteiger partial charge in [-0.25, -0.2) is 4.79 Å². The third-order valence-corrected chi connectivity index (χ3v) is 4.21. The molecule has 0 aliphatic carbocycles. The van der Waals surface area contributed by atoms with E-state index in [0.717, 1.165) is 11.1 Å². The summed E-state index contributed by atoms with van der Waals surface area (Å²) in [5.41, 5.74) is 3.34. The van der Waals surface area contributed by atoms with E-state index in [1.165, 1.54) is 5.56 Å². The molecule has 2 aromatic carbocycles. The molecule has 0 spiro atoms. The van der Waals surface area contributed by atoms with E-state index >= 15 is 0 Å². The Hall–Kier alpha value is -2.82. The van der Waals surface area contributed by atoms with Crippen molar-refractivity contribution in [1.29, 1.82) is 0 Å². The smallest absolute Gasteiger partial charge is 0.344 e.